The molecule has 2 N–H and O–H groups in total. The first-order valence-electron chi connectivity index (χ1n) is 3.12. The summed E-state index contributed by atoms with van der Waals surface area (Å²) in [4.78, 5) is 0. The zero-order valence-electron chi connectivity index (χ0n) is 5.72. The molecule has 0 unspecified atom stereocenters. The van der Waals surface area contributed by atoms with Crippen LogP contribution in [0, 0.1) is 4.51 Å². The minimum atomic E-state index is 0.750. The maximum Gasteiger partial charge on any atom is 0.164 e. The lowest BCUT2D eigenvalue weighted by Gasteiger charge is -1.98. The molecule has 4 heteroatoms. The van der Waals surface area contributed by atoms with Gasteiger partial charge >= 0.3 is 0 Å². The Balaban J connectivity index is 2.92. The van der Waals surface area contributed by atoms with Crippen molar-refractivity contribution in [1.82, 2.24) is 10.2 Å². The van der Waals surface area contributed by atoms with Gasteiger partial charge in [0.15, 0.2) is 5.82 Å². The molecule has 1 aromatic heterocycles. The highest BCUT2D eigenvalue weighted by Gasteiger charge is 1.90. The maximum atomic E-state index is 4.97. The van der Waals surface area contributed by atoms with Crippen LogP contribution in [0.15, 0.2) is 12.3 Å². The van der Waals surface area contributed by atoms with Gasteiger partial charge in [0.1, 0.15) is 0 Å². The number of anilines is 1. The van der Waals surface area contributed by atoms with E-state index in [0.29, 0.717) is 0 Å². The predicted octanol–water partition coefficient (Wildman–Crippen LogP) is 1.57. The molecule has 54 valence electrons. The van der Waals surface area contributed by atoms with Gasteiger partial charge in [-0.15, -0.1) is 0 Å². The van der Waals surface area contributed by atoms with Crippen molar-refractivity contribution in [2.45, 2.75) is 6.92 Å². The van der Waals surface area contributed by atoms with E-state index in [1.807, 2.05) is 6.92 Å². The molecule has 1 heterocycles. The molecular weight excluding hydrogens is 146 g/mol. The van der Waals surface area contributed by atoms with Gasteiger partial charge < -0.3 is 5.32 Å². The Morgan fingerprint density at radius 1 is 1.80 bits per heavy atom. The Labute approximate surface area is 64.5 Å². The normalized spacial score (nSPS) is 9.30. The molecule has 1 aromatic rings. The molecule has 0 spiro atoms. The van der Waals surface area contributed by atoms with Gasteiger partial charge in [0.05, 0.1) is 4.51 Å². The van der Waals surface area contributed by atoms with Crippen LogP contribution in [0.5, 0.6) is 0 Å². The third-order valence-electron chi connectivity index (χ3n) is 1.06. The fourth-order valence-corrected chi connectivity index (χ4v) is 0.829. The van der Waals surface area contributed by atoms with Crippen LogP contribution in [0.2, 0.25) is 0 Å². The highest BCUT2D eigenvalue weighted by Crippen LogP contribution is 2.00. The number of aromatic nitrogens is 2. The summed E-state index contributed by atoms with van der Waals surface area (Å²) >= 11 is 4.97. The largest absolute Gasteiger partial charge is 0.368 e. The lowest BCUT2D eigenvalue weighted by atomic mass is 10.5. The summed E-state index contributed by atoms with van der Waals surface area (Å²) in [5, 5.41) is 9.66. The second-order valence-electron chi connectivity index (χ2n) is 1.82. The van der Waals surface area contributed by atoms with E-state index in [0.717, 1.165) is 16.9 Å². The number of rotatable bonds is 2. The first-order valence-corrected chi connectivity index (χ1v) is 3.53. The van der Waals surface area contributed by atoms with Crippen LogP contribution in [0.3, 0.4) is 0 Å². The van der Waals surface area contributed by atoms with Gasteiger partial charge in [0, 0.05) is 12.7 Å². The fraction of sp³-hybridized carbons (Fsp3) is 0.333. The predicted molar refractivity (Wildman–Crippen MR) is 43.6 cm³/mol. The molecule has 3 nitrogen and oxygen atoms in total. The lowest BCUT2D eigenvalue weighted by Crippen LogP contribution is -2.00. The summed E-state index contributed by atoms with van der Waals surface area (Å²) in [5.41, 5.74) is 0. The molecule has 10 heavy (non-hydrogen) atoms. The summed E-state index contributed by atoms with van der Waals surface area (Å²) in [6.07, 6.45) is 1.71. The number of H-pyrrole nitrogens is 1. The first-order chi connectivity index (χ1) is 4.84. The van der Waals surface area contributed by atoms with Crippen LogP contribution < -0.4 is 5.32 Å². The molecule has 0 aliphatic rings. The van der Waals surface area contributed by atoms with Gasteiger partial charge in [-0.25, -0.2) is 0 Å². The minimum Gasteiger partial charge on any atom is -0.368 e. The summed E-state index contributed by atoms with van der Waals surface area (Å²) in [6.45, 7) is 2.85. The summed E-state index contributed by atoms with van der Waals surface area (Å²) in [7, 11) is 0. The third-order valence-corrected chi connectivity index (χ3v) is 1.39. The van der Waals surface area contributed by atoms with Crippen molar-refractivity contribution >= 4 is 18.0 Å². The van der Waals surface area contributed by atoms with Crippen molar-refractivity contribution in [3.8, 4) is 0 Å². The van der Waals surface area contributed by atoms with Crippen molar-refractivity contribution in [2.24, 2.45) is 0 Å². The van der Waals surface area contributed by atoms with Crippen molar-refractivity contribution in [1.29, 1.82) is 0 Å². The van der Waals surface area contributed by atoms with E-state index in [-0.39, 0.29) is 0 Å². The molecule has 0 bridgehead atoms. The maximum absolute atomic E-state index is 4.97. The van der Waals surface area contributed by atoms with Gasteiger partial charge in [-0.1, -0.05) is 12.2 Å². The van der Waals surface area contributed by atoms with Gasteiger partial charge in [0.2, 0.25) is 0 Å². The first kappa shape index (κ1) is 7.21. The molecule has 0 saturated carbocycles. The van der Waals surface area contributed by atoms with E-state index in [2.05, 4.69) is 15.5 Å². The quantitative estimate of drug-likeness (QED) is 0.637. The monoisotopic (exact) mass is 155 g/mol. The zero-order chi connectivity index (χ0) is 7.40. The number of hydrogen-bond donors (Lipinski definition) is 2. The molecule has 0 fully saturated rings. The number of aromatic amines is 1. The van der Waals surface area contributed by atoms with Crippen LogP contribution in [0.25, 0.3) is 0 Å². The second-order valence-corrected chi connectivity index (χ2v) is 2.26. The highest BCUT2D eigenvalue weighted by atomic mass is 32.1. The standard InChI is InChI=1S/C6H9N3S/c1-2-7-6-5(10)3-4-8-9-6/h3-4H,2H2,1H3,(H,7,9)(H,8,10). The molecule has 0 amide bonds. The van der Waals surface area contributed by atoms with E-state index >= 15 is 0 Å². The minimum absolute atomic E-state index is 0.750. The van der Waals surface area contributed by atoms with Gasteiger partial charge in [-0.3, -0.25) is 5.10 Å². The highest BCUT2D eigenvalue weighted by molar-refractivity contribution is 7.71. The molecule has 0 radical (unpaired) electrons. The fourth-order valence-electron chi connectivity index (χ4n) is 0.643. The van der Waals surface area contributed by atoms with Crippen molar-refractivity contribution < 1.29 is 0 Å². The molecule has 0 aliphatic carbocycles. The van der Waals surface area contributed by atoms with Crippen LogP contribution in [-0.4, -0.2) is 16.7 Å². The number of nitrogens with zero attached hydrogens (tertiary/aromatic N) is 1. The van der Waals surface area contributed by atoms with Crippen LogP contribution >= 0.6 is 12.2 Å². The summed E-state index contributed by atoms with van der Waals surface area (Å²) in [5.74, 6) is 0.750. The van der Waals surface area contributed by atoms with Gasteiger partial charge in [-0.05, 0) is 13.0 Å². The Morgan fingerprint density at radius 3 is 3.20 bits per heavy atom. The zero-order valence-corrected chi connectivity index (χ0v) is 6.53. The van der Waals surface area contributed by atoms with E-state index in [1.165, 1.54) is 0 Å². The number of nitrogens with one attached hydrogen (secondary N) is 2. The Hall–Kier alpha value is -0.900. The average molecular weight is 155 g/mol. The Bertz CT molecular complexity index is 255. The van der Waals surface area contributed by atoms with E-state index in [4.69, 9.17) is 12.2 Å². The second kappa shape index (κ2) is 3.31. The van der Waals surface area contributed by atoms with Crippen LogP contribution in [0.1, 0.15) is 6.92 Å². The molecule has 0 atom stereocenters. The van der Waals surface area contributed by atoms with Crippen molar-refractivity contribution in [3.63, 3.8) is 0 Å². The van der Waals surface area contributed by atoms with Crippen LogP contribution in [-0.2, 0) is 0 Å². The SMILES string of the molecule is CCNc1n[nH]ccc1=S. The third kappa shape index (κ3) is 1.54. The van der Waals surface area contributed by atoms with E-state index in [1.54, 1.807) is 12.3 Å². The molecule has 1 rings (SSSR count). The van der Waals surface area contributed by atoms with Crippen molar-refractivity contribution in [2.75, 3.05) is 11.9 Å². The Kier molecular flexibility index (Phi) is 2.39. The lowest BCUT2D eigenvalue weighted by molar-refractivity contribution is 1.01. The Morgan fingerprint density at radius 2 is 2.60 bits per heavy atom. The van der Waals surface area contributed by atoms with Gasteiger partial charge in [-0.2, -0.15) is 5.10 Å². The number of hydrogen-bond acceptors (Lipinski definition) is 3. The van der Waals surface area contributed by atoms with Crippen LogP contribution in [0.4, 0.5) is 5.82 Å². The van der Waals surface area contributed by atoms with Crippen molar-refractivity contribution in [3.05, 3.63) is 16.8 Å². The summed E-state index contributed by atoms with van der Waals surface area (Å²) in [6, 6.07) is 1.81. The molecule has 0 aromatic carbocycles. The van der Waals surface area contributed by atoms with E-state index < -0.39 is 0 Å². The molecule has 0 saturated heterocycles. The topological polar surface area (TPSA) is 40.7 Å². The molecule has 0 aliphatic heterocycles. The molecular formula is C6H9N3S. The average Bonchev–Trinajstić information content (AvgIpc) is 1.94. The van der Waals surface area contributed by atoms with Gasteiger partial charge in [0.25, 0.3) is 0 Å². The smallest absolute Gasteiger partial charge is 0.164 e. The summed E-state index contributed by atoms with van der Waals surface area (Å²) < 4.78 is 0.751. The van der Waals surface area contributed by atoms with E-state index in [9.17, 15) is 0 Å².